The van der Waals surface area contributed by atoms with Gasteiger partial charge in [-0.25, -0.2) is 4.98 Å². The van der Waals surface area contributed by atoms with Crippen LogP contribution in [0.25, 0.3) is 11.4 Å². The molecule has 1 amide bonds. The standard InChI is InChI=1S/C28H29N5O4/c1-27(2,23(36)25-31-32-26(37-25)28(3,4)20-13-9-6-10-14-20)18-30-21(34)17-33-22(35)15-16-29-24(33)19-11-7-5-8-12-19/h5-16H,17-18H2,1-4H3,(H,30,34). The van der Waals surface area contributed by atoms with E-state index in [9.17, 15) is 14.4 Å². The van der Waals surface area contributed by atoms with Crippen LogP contribution in [0.4, 0.5) is 0 Å². The first kappa shape index (κ1) is 25.7. The minimum absolute atomic E-state index is 0.0140. The number of amides is 1. The number of hydrogen-bond donors (Lipinski definition) is 1. The molecular formula is C28H29N5O4. The van der Waals surface area contributed by atoms with Crippen molar-refractivity contribution in [1.29, 1.82) is 0 Å². The third-order valence-electron chi connectivity index (χ3n) is 6.26. The summed E-state index contributed by atoms with van der Waals surface area (Å²) >= 11 is 0. The molecule has 0 aliphatic carbocycles. The maximum Gasteiger partial charge on any atom is 0.284 e. The molecule has 9 nitrogen and oxygen atoms in total. The molecule has 2 heterocycles. The molecule has 0 bridgehead atoms. The van der Waals surface area contributed by atoms with Crippen molar-refractivity contribution in [2.24, 2.45) is 5.41 Å². The predicted molar refractivity (Wildman–Crippen MR) is 138 cm³/mol. The fraction of sp³-hybridized carbons (Fsp3) is 0.286. The van der Waals surface area contributed by atoms with Gasteiger partial charge in [0.15, 0.2) is 0 Å². The number of Topliss-reactive ketones (excluding diaryl/α,β-unsaturated/α-hetero) is 1. The van der Waals surface area contributed by atoms with Crippen LogP contribution < -0.4 is 10.9 Å². The van der Waals surface area contributed by atoms with Crippen molar-refractivity contribution >= 4 is 11.7 Å². The molecule has 37 heavy (non-hydrogen) atoms. The second-order valence-electron chi connectivity index (χ2n) is 9.95. The van der Waals surface area contributed by atoms with Gasteiger partial charge in [0, 0.05) is 24.4 Å². The second kappa shape index (κ2) is 10.3. The van der Waals surface area contributed by atoms with Crippen molar-refractivity contribution in [3.05, 3.63) is 101 Å². The van der Waals surface area contributed by atoms with Gasteiger partial charge < -0.3 is 9.73 Å². The van der Waals surface area contributed by atoms with Gasteiger partial charge in [-0.2, -0.15) is 0 Å². The first-order valence-electron chi connectivity index (χ1n) is 11.9. The molecule has 1 N–H and O–H groups in total. The number of nitrogens with one attached hydrogen (secondary N) is 1. The number of benzene rings is 2. The van der Waals surface area contributed by atoms with E-state index in [-0.39, 0.29) is 30.3 Å². The highest BCUT2D eigenvalue weighted by atomic mass is 16.4. The number of hydrogen-bond acceptors (Lipinski definition) is 7. The van der Waals surface area contributed by atoms with Crippen LogP contribution in [0.1, 0.15) is 49.8 Å². The van der Waals surface area contributed by atoms with Crippen molar-refractivity contribution in [3.8, 4) is 11.4 Å². The zero-order valence-corrected chi connectivity index (χ0v) is 21.3. The maximum absolute atomic E-state index is 13.2. The highest BCUT2D eigenvalue weighted by Gasteiger charge is 2.36. The Morgan fingerprint density at radius 2 is 1.57 bits per heavy atom. The van der Waals surface area contributed by atoms with E-state index in [1.54, 1.807) is 13.8 Å². The lowest BCUT2D eigenvalue weighted by Crippen LogP contribution is -2.41. The monoisotopic (exact) mass is 499 g/mol. The van der Waals surface area contributed by atoms with Crippen LogP contribution in [0.15, 0.2) is 82.1 Å². The summed E-state index contributed by atoms with van der Waals surface area (Å²) in [7, 11) is 0. The second-order valence-corrected chi connectivity index (χ2v) is 9.95. The molecule has 0 saturated heterocycles. The Morgan fingerprint density at radius 3 is 2.24 bits per heavy atom. The molecule has 9 heteroatoms. The molecule has 4 rings (SSSR count). The molecule has 2 aromatic carbocycles. The van der Waals surface area contributed by atoms with Crippen molar-refractivity contribution in [3.63, 3.8) is 0 Å². The van der Waals surface area contributed by atoms with E-state index >= 15 is 0 Å². The van der Waals surface area contributed by atoms with Gasteiger partial charge in [-0.1, -0.05) is 74.5 Å². The smallest absolute Gasteiger partial charge is 0.284 e. The van der Waals surface area contributed by atoms with Crippen LogP contribution in [0.2, 0.25) is 0 Å². The third kappa shape index (κ3) is 5.55. The van der Waals surface area contributed by atoms with E-state index in [1.807, 2.05) is 74.5 Å². The molecule has 190 valence electrons. The molecule has 0 unspecified atom stereocenters. The molecule has 0 spiro atoms. The molecule has 0 saturated carbocycles. The Hall–Kier alpha value is -4.40. The molecule has 4 aromatic rings. The predicted octanol–water partition coefficient (Wildman–Crippen LogP) is 3.64. The lowest BCUT2D eigenvalue weighted by Gasteiger charge is -2.22. The molecular weight excluding hydrogens is 470 g/mol. The van der Waals surface area contributed by atoms with Crippen molar-refractivity contribution in [2.45, 2.75) is 39.7 Å². The molecule has 2 aromatic heterocycles. The summed E-state index contributed by atoms with van der Waals surface area (Å²) in [6.07, 6.45) is 1.42. The van der Waals surface area contributed by atoms with Crippen LogP contribution >= 0.6 is 0 Å². The number of nitrogens with zero attached hydrogens (tertiary/aromatic N) is 4. The largest absolute Gasteiger partial charge is 0.417 e. The van der Waals surface area contributed by atoms with Crippen LogP contribution in [0.3, 0.4) is 0 Å². The number of aromatic nitrogens is 4. The highest BCUT2D eigenvalue weighted by Crippen LogP contribution is 2.31. The fourth-order valence-corrected chi connectivity index (χ4v) is 3.84. The van der Waals surface area contributed by atoms with Crippen LogP contribution in [-0.4, -0.2) is 38.0 Å². The van der Waals surface area contributed by atoms with Crippen molar-refractivity contribution < 1.29 is 14.0 Å². The summed E-state index contributed by atoms with van der Waals surface area (Å²) < 4.78 is 7.10. The number of ketones is 1. The van der Waals surface area contributed by atoms with Crippen LogP contribution in [-0.2, 0) is 16.8 Å². The number of carbonyl (C=O) groups is 2. The van der Waals surface area contributed by atoms with Gasteiger partial charge in [0.05, 0.1) is 10.8 Å². The topological polar surface area (TPSA) is 120 Å². The molecule has 0 radical (unpaired) electrons. The number of rotatable bonds is 9. The van der Waals surface area contributed by atoms with Gasteiger partial charge in [0.1, 0.15) is 12.4 Å². The molecule has 0 fully saturated rings. The first-order chi connectivity index (χ1) is 17.6. The Balaban J connectivity index is 1.45. The summed E-state index contributed by atoms with van der Waals surface area (Å²) in [5.74, 6) is -0.221. The summed E-state index contributed by atoms with van der Waals surface area (Å²) in [5.41, 5.74) is -0.269. The summed E-state index contributed by atoms with van der Waals surface area (Å²) in [6, 6.07) is 20.1. The zero-order chi connectivity index (χ0) is 26.6. The van der Waals surface area contributed by atoms with Gasteiger partial charge in [-0.3, -0.25) is 19.0 Å². The zero-order valence-electron chi connectivity index (χ0n) is 21.3. The average Bonchev–Trinajstić information content (AvgIpc) is 3.40. The highest BCUT2D eigenvalue weighted by molar-refractivity contribution is 5.96. The molecule has 0 aliphatic heterocycles. The van der Waals surface area contributed by atoms with E-state index in [2.05, 4.69) is 20.5 Å². The lowest BCUT2D eigenvalue weighted by molar-refractivity contribution is -0.122. The molecule has 0 aliphatic rings. The van der Waals surface area contributed by atoms with E-state index in [4.69, 9.17) is 4.42 Å². The minimum Gasteiger partial charge on any atom is -0.417 e. The van der Waals surface area contributed by atoms with Gasteiger partial charge in [-0.05, 0) is 19.4 Å². The van der Waals surface area contributed by atoms with E-state index in [0.717, 1.165) is 5.56 Å². The average molecular weight is 500 g/mol. The summed E-state index contributed by atoms with van der Waals surface area (Å²) in [6.45, 7) is 7.04. The van der Waals surface area contributed by atoms with Crippen molar-refractivity contribution in [1.82, 2.24) is 25.1 Å². The number of carbonyl (C=O) groups excluding carboxylic acids is 2. The fourth-order valence-electron chi connectivity index (χ4n) is 3.84. The van der Waals surface area contributed by atoms with Crippen LogP contribution in [0, 0.1) is 5.41 Å². The third-order valence-corrected chi connectivity index (χ3v) is 6.26. The SMILES string of the molecule is CC(C)(CNC(=O)Cn1c(-c2ccccc2)nccc1=O)C(=O)c1nnc(C(C)(C)c2ccccc2)o1. The quantitative estimate of drug-likeness (QED) is 0.349. The molecule has 0 atom stereocenters. The van der Waals surface area contributed by atoms with E-state index < -0.39 is 16.7 Å². The lowest BCUT2D eigenvalue weighted by atomic mass is 9.84. The maximum atomic E-state index is 13.2. The minimum atomic E-state index is -1.03. The van der Waals surface area contributed by atoms with Crippen LogP contribution in [0.5, 0.6) is 0 Å². The first-order valence-corrected chi connectivity index (χ1v) is 11.9. The Bertz CT molecular complexity index is 1460. The van der Waals surface area contributed by atoms with Gasteiger partial charge in [0.2, 0.25) is 17.6 Å². The summed E-state index contributed by atoms with van der Waals surface area (Å²) in [4.78, 5) is 42.8. The van der Waals surface area contributed by atoms with Gasteiger partial charge in [0.25, 0.3) is 11.4 Å². The van der Waals surface area contributed by atoms with Gasteiger partial charge in [-0.15, -0.1) is 10.2 Å². The Kier molecular flexibility index (Phi) is 7.15. The summed E-state index contributed by atoms with van der Waals surface area (Å²) in [5, 5.41) is 10.9. The van der Waals surface area contributed by atoms with Crippen molar-refractivity contribution in [2.75, 3.05) is 6.54 Å². The normalized spacial score (nSPS) is 11.8. The van der Waals surface area contributed by atoms with E-state index in [1.165, 1.54) is 16.8 Å². The Morgan fingerprint density at radius 1 is 0.919 bits per heavy atom. The van der Waals surface area contributed by atoms with E-state index in [0.29, 0.717) is 17.3 Å². The van der Waals surface area contributed by atoms with Gasteiger partial charge >= 0.3 is 0 Å². The Labute approximate surface area is 214 Å².